The molecule has 1 saturated heterocycles. The molecule has 0 radical (unpaired) electrons. The number of amides is 1. The molecule has 2 atom stereocenters. The van der Waals surface area contributed by atoms with Gasteiger partial charge in [-0.25, -0.2) is 4.39 Å². The lowest BCUT2D eigenvalue weighted by Crippen LogP contribution is -2.32. The van der Waals surface area contributed by atoms with Gasteiger partial charge in [-0.15, -0.1) is 0 Å². The Balaban J connectivity index is 1.94. The van der Waals surface area contributed by atoms with Crippen molar-refractivity contribution in [2.45, 2.75) is 25.5 Å². The maximum atomic E-state index is 13.1. The fourth-order valence-corrected chi connectivity index (χ4v) is 3.00. The molecule has 1 amide bonds. The highest BCUT2D eigenvalue weighted by Gasteiger charge is 2.36. The smallest absolute Gasteiger partial charge is 0.256 e. The molecular weight excluding hydrogens is 299 g/mol. The van der Waals surface area contributed by atoms with Gasteiger partial charge in [-0.2, -0.15) is 0 Å². The standard InChI is InChI=1S/C17H17FN2O3/c1-10-6-16(22)19-8-14(10)17(23)20-9-13(21)7-15(20)11-2-4-12(18)5-3-11/h2-6,8,13,15,21H,7,9H2,1H3,(H,19,22)/t13-,15-/m1/s1. The highest BCUT2D eigenvalue weighted by atomic mass is 19.1. The van der Waals surface area contributed by atoms with Crippen LogP contribution in [-0.4, -0.2) is 33.5 Å². The van der Waals surface area contributed by atoms with Gasteiger partial charge < -0.3 is 15.0 Å². The number of carbonyl (C=O) groups is 1. The van der Waals surface area contributed by atoms with Crippen LogP contribution in [0.15, 0.2) is 41.3 Å². The van der Waals surface area contributed by atoms with Crippen LogP contribution in [0.1, 0.15) is 33.9 Å². The number of aromatic nitrogens is 1. The molecule has 23 heavy (non-hydrogen) atoms. The van der Waals surface area contributed by atoms with Crippen LogP contribution in [-0.2, 0) is 0 Å². The summed E-state index contributed by atoms with van der Waals surface area (Å²) in [5.41, 5.74) is 1.48. The van der Waals surface area contributed by atoms with Crippen LogP contribution in [0.25, 0.3) is 0 Å². The van der Waals surface area contributed by atoms with E-state index in [0.717, 1.165) is 5.56 Å². The number of aliphatic hydroxyl groups is 1. The number of nitrogens with zero attached hydrogens (tertiary/aromatic N) is 1. The van der Waals surface area contributed by atoms with Gasteiger partial charge in [0.25, 0.3) is 5.91 Å². The molecule has 1 aromatic carbocycles. The third-order valence-electron chi connectivity index (χ3n) is 4.16. The average molecular weight is 316 g/mol. The molecule has 0 spiro atoms. The predicted molar refractivity (Wildman–Crippen MR) is 82.6 cm³/mol. The maximum absolute atomic E-state index is 13.1. The van der Waals surface area contributed by atoms with E-state index in [1.54, 1.807) is 24.0 Å². The van der Waals surface area contributed by atoms with E-state index in [1.165, 1.54) is 24.4 Å². The van der Waals surface area contributed by atoms with E-state index in [9.17, 15) is 19.1 Å². The van der Waals surface area contributed by atoms with Crippen molar-refractivity contribution in [1.82, 2.24) is 9.88 Å². The number of aliphatic hydroxyl groups excluding tert-OH is 1. The Morgan fingerprint density at radius 3 is 2.70 bits per heavy atom. The number of halogens is 1. The molecule has 0 aliphatic carbocycles. The number of aromatic amines is 1. The number of nitrogens with one attached hydrogen (secondary N) is 1. The van der Waals surface area contributed by atoms with Crippen molar-refractivity contribution in [2.24, 2.45) is 0 Å². The van der Waals surface area contributed by atoms with Gasteiger partial charge in [0.15, 0.2) is 0 Å². The van der Waals surface area contributed by atoms with Gasteiger partial charge in [0.05, 0.1) is 17.7 Å². The largest absolute Gasteiger partial charge is 0.391 e. The predicted octanol–water partition coefficient (Wildman–Crippen LogP) is 1.77. The minimum atomic E-state index is -0.628. The van der Waals surface area contributed by atoms with E-state index in [-0.39, 0.29) is 29.9 Å². The lowest BCUT2D eigenvalue weighted by atomic mass is 10.0. The number of β-amino-alcohol motifs (C(OH)–C–C–N with tert-alkyl or cyclic N) is 1. The summed E-state index contributed by atoms with van der Waals surface area (Å²) in [6, 6.07) is 6.98. The van der Waals surface area contributed by atoms with Crippen molar-refractivity contribution < 1.29 is 14.3 Å². The SMILES string of the molecule is Cc1cc(=O)[nH]cc1C(=O)N1C[C@H](O)C[C@@H]1c1ccc(F)cc1. The van der Waals surface area contributed by atoms with Gasteiger partial charge in [-0.1, -0.05) is 12.1 Å². The van der Waals surface area contributed by atoms with Crippen molar-refractivity contribution in [3.63, 3.8) is 0 Å². The number of H-pyrrole nitrogens is 1. The second-order valence-corrected chi connectivity index (χ2v) is 5.81. The number of likely N-dealkylation sites (tertiary alicyclic amines) is 1. The van der Waals surface area contributed by atoms with Crippen molar-refractivity contribution in [1.29, 1.82) is 0 Å². The Morgan fingerprint density at radius 2 is 2.04 bits per heavy atom. The van der Waals surface area contributed by atoms with Crippen LogP contribution >= 0.6 is 0 Å². The zero-order valence-corrected chi connectivity index (χ0v) is 12.6. The molecule has 1 aromatic heterocycles. The van der Waals surface area contributed by atoms with Crippen LogP contribution in [0.3, 0.4) is 0 Å². The van der Waals surface area contributed by atoms with Crippen LogP contribution in [0.4, 0.5) is 4.39 Å². The highest BCUT2D eigenvalue weighted by Crippen LogP contribution is 2.33. The van der Waals surface area contributed by atoms with E-state index < -0.39 is 6.10 Å². The first-order valence-corrected chi connectivity index (χ1v) is 7.39. The lowest BCUT2D eigenvalue weighted by Gasteiger charge is -2.25. The molecule has 2 aromatic rings. The van der Waals surface area contributed by atoms with E-state index in [1.807, 2.05) is 0 Å². The first-order chi connectivity index (χ1) is 11.0. The zero-order chi connectivity index (χ0) is 16.6. The molecule has 2 N–H and O–H groups in total. The first-order valence-electron chi connectivity index (χ1n) is 7.39. The summed E-state index contributed by atoms with van der Waals surface area (Å²) in [4.78, 5) is 28.2. The molecule has 2 heterocycles. The van der Waals surface area contributed by atoms with Crippen molar-refractivity contribution in [2.75, 3.05) is 6.54 Å². The van der Waals surface area contributed by atoms with Crippen LogP contribution < -0.4 is 5.56 Å². The maximum Gasteiger partial charge on any atom is 0.256 e. The number of hydrogen-bond donors (Lipinski definition) is 2. The minimum Gasteiger partial charge on any atom is -0.391 e. The summed E-state index contributed by atoms with van der Waals surface area (Å²) >= 11 is 0. The molecule has 1 aliphatic heterocycles. The minimum absolute atomic E-state index is 0.208. The molecular formula is C17H17FN2O3. The van der Waals surface area contributed by atoms with Crippen LogP contribution in [0.5, 0.6) is 0 Å². The Labute approximate surface area is 132 Å². The molecule has 120 valence electrons. The number of carbonyl (C=O) groups excluding carboxylic acids is 1. The topological polar surface area (TPSA) is 73.4 Å². The van der Waals surface area contributed by atoms with E-state index in [2.05, 4.69) is 4.98 Å². The van der Waals surface area contributed by atoms with E-state index in [4.69, 9.17) is 0 Å². The number of hydrogen-bond acceptors (Lipinski definition) is 3. The van der Waals surface area contributed by atoms with Gasteiger partial charge in [0, 0.05) is 18.8 Å². The lowest BCUT2D eigenvalue weighted by molar-refractivity contribution is 0.0714. The molecule has 5 nitrogen and oxygen atoms in total. The van der Waals surface area contributed by atoms with E-state index in [0.29, 0.717) is 17.5 Å². The summed E-state index contributed by atoms with van der Waals surface area (Å²) in [5.74, 6) is -0.605. The summed E-state index contributed by atoms with van der Waals surface area (Å²) in [6.45, 7) is 1.90. The summed E-state index contributed by atoms with van der Waals surface area (Å²) in [7, 11) is 0. The molecule has 3 rings (SSSR count). The monoisotopic (exact) mass is 316 g/mol. The third-order valence-corrected chi connectivity index (χ3v) is 4.16. The zero-order valence-electron chi connectivity index (χ0n) is 12.6. The van der Waals surface area contributed by atoms with Crippen LogP contribution in [0.2, 0.25) is 0 Å². The molecule has 1 fully saturated rings. The van der Waals surface area contributed by atoms with Crippen molar-refractivity contribution >= 4 is 5.91 Å². The fraction of sp³-hybridized carbons (Fsp3) is 0.294. The molecule has 0 unspecified atom stereocenters. The number of benzene rings is 1. The molecule has 0 bridgehead atoms. The quantitative estimate of drug-likeness (QED) is 0.887. The summed E-state index contributed by atoms with van der Waals surface area (Å²) in [5, 5.41) is 9.97. The van der Waals surface area contributed by atoms with Crippen LogP contribution in [0, 0.1) is 12.7 Å². The highest BCUT2D eigenvalue weighted by molar-refractivity contribution is 5.95. The number of rotatable bonds is 2. The van der Waals surface area contributed by atoms with Gasteiger partial charge in [-0.05, 0) is 36.6 Å². The number of pyridine rings is 1. The second kappa shape index (κ2) is 5.96. The normalized spacial score (nSPS) is 20.7. The first kappa shape index (κ1) is 15.4. The molecule has 1 aliphatic rings. The second-order valence-electron chi connectivity index (χ2n) is 5.81. The Morgan fingerprint density at radius 1 is 1.35 bits per heavy atom. The van der Waals surface area contributed by atoms with Gasteiger partial charge in [0.1, 0.15) is 5.82 Å². The molecule has 0 saturated carbocycles. The van der Waals surface area contributed by atoms with E-state index >= 15 is 0 Å². The Kier molecular flexibility index (Phi) is 4.00. The molecule has 6 heteroatoms. The number of aryl methyl sites for hydroxylation is 1. The fourth-order valence-electron chi connectivity index (χ4n) is 3.00. The Bertz CT molecular complexity index is 785. The van der Waals surface area contributed by atoms with Crippen molar-refractivity contribution in [3.05, 3.63) is 69.4 Å². The van der Waals surface area contributed by atoms with Gasteiger partial charge in [0.2, 0.25) is 5.56 Å². The van der Waals surface area contributed by atoms with Crippen molar-refractivity contribution in [3.8, 4) is 0 Å². The summed E-state index contributed by atoms with van der Waals surface area (Å²) < 4.78 is 13.1. The van der Waals surface area contributed by atoms with Gasteiger partial charge >= 0.3 is 0 Å². The Hall–Kier alpha value is -2.47. The third kappa shape index (κ3) is 3.03. The summed E-state index contributed by atoms with van der Waals surface area (Å²) in [6.07, 6.45) is 1.17. The van der Waals surface area contributed by atoms with Gasteiger partial charge in [-0.3, -0.25) is 9.59 Å². The average Bonchev–Trinajstić information content (AvgIpc) is 2.89.